The molecule has 24 heavy (non-hydrogen) atoms. The summed E-state index contributed by atoms with van der Waals surface area (Å²) in [5, 5.41) is 5.23. The zero-order valence-corrected chi connectivity index (χ0v) is 14.7. The van der Waals surface area contributed by atoms with Crippen LogP contribution in [0.4, 0.5) is 4.79 Å². The molecule has 0 aliphatic carbocycles. The molecule has 6 nitrogen and oxygen atoms in total. The van der Waals surface area contributed by atoms with Crippen molar-refractivity contribution in [3.05, 3.63) is 34.8 Å². The highest BCUT2D eigenvalue weighted by atomic mass is 35.5. The summed E-state index contributed by atoms with van der Waals surface area (Å²) in [6, 6.07) is 1.11. The van der Waals surface area contributed by atoms with E-state index in [1.165, 1.54) is 0 Å². The number of fused-ring (bicyclic) bond motifs is 3. The van der Waals surface area contributed by atoms with Gasteiger partial charge in [0.25, 0.3) is 0 Å². The molecular formula is C17H20ClN4O2. The van der Waals surface area contributed by atoms with Crippen molar-refractivity contribution in [3.63, 3.8) is 0 Å². The maximum Gasteiger partial charge on any atom is 0.340 e. The van der Waals surface area contributed by atoms with Crippen molar-refractivity contribution in [3.8, 4) is 0 Å². The molecule has 0 unspecified atom stereocenters. The molecule has 1 aromatic carbocycles. The second kappa shape index (κ2) is 5.77. The van der Waals surface area contributed by atoms with Gasteiger partial charge in [0.2, 0.25) is 5.91 Å². The predicted molar refractivity (Wildman–Crippen MR) is 92.6 cm³/mol. The monoisotopic (exact) mass is 347 g/mol. The van der Waals surface area contributed by atoms with Crippen LogP contribution in [0, 0.1) is 11.8 Å². The van der Waals surface area contributed by atoms with Crippen molar-refractivity contribution < 1.29 is 9.59 Å². The van der Waals surface area contributed by atoms with Crippen LogP contribution in [0.15, 0.2) is 12.3 Å². The van der Waals surface area contributed by atoms with Crippen LogP contribution in [0.3, 0.4) is 0 Å². The van der Waals surface area contributed by atoms with Gasteiger partial charge in [0, 0.05) is 18.5 Å². The summed E-state index contributed by atoms with van der Waals surface area (Å²) >= 11 is 6.34. The van der Waals surface area contributed by atoms with Gasteiger partial charge in [-0.05, 0) is 29.0 Å². The molecule has 127 valence electrons. The number of hydrogen-bond donors (Lipinski definition) is 1. The van der Waals surface area contributed by atoms with Crippen LogP contribution < -0.4 is 5.73 Å². The minimum atomic E-state index is -0.686. The first-order valence-corrected chi connectivity index (χ1v) is 8.15. The van der Waals surface area contributed by atoms with Gasteiger partial charge >= 0.3 is 6.03 Å². The first-order chi connectivity index (χ1) is 11.2. The molecule has 0 atom stereocenters. The van der Waals surface area contributed by atoms with E-state index in [-0.39, 0.29) is 11.3 Å². The molecule has 3 rings (SSSR count). The Balaban J connectivity index is 2.14. The molecule has 0 saturated carbocycles. The van der Waals surface area contributed by atoms with Gasteiger partial charge in [0.05, 0.1) is 23.2 Å². The molecule has 1 aliphatic heterocycles. The van der Waals surface area contributed by atoms with Crippen molar-refractivity contribution in [1.29, 1.82) is 0 Å². The van der Waals surface area contributed by atoms with Crippen LogP contribution >= 0.6 is 11.6 Å². The van der Waals surface area contributed by atoms with E-state index >= 15 is 0 Å². The van der Waals surface area contributed by atoms with E-state index < -0.39 is 6.03 Å². The lowest BCUT2D eigenvalue weighted by molar-refractivity contribution is -0.129. The fourth-order valence-electron chi connectivity index (χ4n) is 3.12. The third kappa shape index (κ3) is 2.98. The van der Waals surface area contributed by atoms with Gasteiger partial charge < -0.3 is 10.6 Å². The summed E-state index contributed by atoms with van der Waals surface area (Å²) in [6.07, 6.45) is 3.78. The van der Waals surface area contributed by atoms with Crippen molar-refractivity contribution >= 4 is 34.4 Å². The second-order valence-electron chi connectivity index (χ2n) is 7.32. The van der Waals surface area contributed by atoms with Crippen molar-refractivity contribution in [2.45, 2.75) is 33.7 Å². The maximum absolute atomic E-state index is 12.4. The highest BCUT2D eigenvalue weighted by Crippen LogP contribution is 2.33. The number of halogens is 1. The third-order valence-corrected chi connectivity index (χ3v) is 4.33. The van der Waals surface area contributed by atoms with Gasteiger partial charge in [0.15, 0.2) is 0 Å². The fraction of sp³-hybridized carbons (Fsp3) is 0.412. The molecule has 0 fully saturated rings. The number of carbonyl (C=O) groups excluding carboxylic acids is 2. The third-order valence-electron chi connectivity index (χ3n) is 4.04. The summed E-state index contributed by atoms with van der Waals surface area (Å²) < 4.78 is 1.10. The molecule has 0 spiro atoms. The quantitative estimate of drug-likeness (QED) is 0.861. The first kappa shape index (κ1) is 16.8. The Bertz CT molecular complexity index is 835. The molecule has 7 heteroatoms. The molecule has 2 amide bonds. The molecule has 1 radical (unpaired) electrons. The summed E-state index contributed by atoms with van der Waals surface area (Å²) in [7, 11) is 0. The standard InChI is InChI=1S/C17H20ClN4O2/c1-17(2,3)9-21-8-12-10(4-5-14(21)23)6-13(18)15-11(12)7-20-22(15)16(19)24/h5-7H,4,8-9H2,1-3H3,(H2,19,24). The SMILES string of the molecule is CC(C)(C)CN1Cc2c(cc(Cl)c3c2cnn3C(N)=O)C[CH]C1=O. The molecule has 0 bridgehead atoms. The number of primary amides is 1. The smallest absolute Gasteiger partial charge is 0.340 e. The highest BCUT2D eigenvalue weighted by molar-refractivity contribution is 6.35. The van der Waals surface area contributed by atoms with Gasteiger partial charge in [-0.1, -0.05) is 32.4 Å². The van der Waals surface area contributed by atoms with Crippen molar-refractivity contribution in [2.24, 2.45) is 11.1 Å². The van der Waals surface area contributed by atoms with Gasteiger partial charge in [-0.15, -0.1) is 0 Å². The van der Waals surface area contributed by atoms with E-state index in [2.05, 4.69) is 25.9 Å². The number of carbonyl (C=O) groups is 2. The largest absolute Gasteiger partial charge is 0.350 e. The Labute approximate surface area is 145 Å². The van der Waals surface area contributed by atoms with E-state index in [0.29, 0.717) is 30.0 Å². The number of nitrogens with zero attached hydrogens (tertiary/aromatic N) is 3. The number of rotatable bonds is 1. The van der Waals surface area contributed by atoms with Gasteiger partial charge in [-0.3, -0.25) is 4.79 Å². The fourth-order valence-corrected chi connectivity index (χ4v) is 3.43. The van der Waals surface area contributed by atoms with Crippen LogP contribution in [-0.2, 0) is 17.8 Å². The summed E-state index contributed by atoms with van der Waals surface area (Å²) in [5.41, 5.74) is 7.78. The summed E-state index contributed by atoms with van der Waals surface area (Å²) in [5.74, 6) is 0.00712. The lowest BCUT2D eigenvalue weighted by Crippen LogP contribution is -2.36. The van der Waals surface area contributed by atoms with Crippen LogP contribution in [0.5, 0.6) is 0 Å². The lowest BCUT2D eigenvalue weighted by atomic mass is 9.95. The molecule has 2 heterocycles. The van der Waals surface area contributed by atoms with E-state index in [1.807, 2.05) is 4.90 Å². The van der Waals surface area contributed by atoms with Gasteiger partial charge in [-0.2, -0.15) is 9.78 Å². The minimum Gasteiger partial charge on any atom is -0.350 e. The zero-order chi connectivity index (χ0) is 17.6. The average Bonchev–Trinajstić information content (AvgIpc) is 2.85. The Morgan fingerprint density at radius 3 is 2.75 bits per heavy atom. The van der Waals surface area contributed by atoms with Crippen molar-refractivity contribution in [2.75, 3.05) is 6.54 Å². The average molecular weight is 348 g/mol. The molecule has 2 N–H and O–H groups in total. The lowest BCUT2D eigenvalue weighted by Gasteiger charge is -2.29. The molecular weight excluding hydrogens is 328 g/mol. The minimum absolute atomic E-state index is 0.00712. The number of hydrogen-bond acceptors (Lipinski definition) is 3. The summed E-state index contributed by atoms with van der Waals surface area (Å²) in [6.45, 7) is 7.37. The molecule has 0 saturated heterocycles. The highest BCUT2D eigenvalue weighted by Gasteiger charge is 2.27. The van der Waals surface area contributed by atoms with Crippen LogP contribution in [0.1, 0.15) is 31.9 Å². The van der Waals surface area contributed by atoms with E-state index in [1.54, 1.807) is 18.7 Å². The number of nitrogens with two attached hydrogens (primary N) is 1. The molecule has 2 aromatic rings. The Kier molecular flexibility index (Phi) is 4.03. The van der Waals surface area contributed by atoms with Crippen LogP contribution in [0.2, 0.25) is 5.02 Å². The van der Waals surface area contributed by atoms with Crippen LogP contribution in [0.25, 0.3) is 10.9 Å². The van der Waals surface area contributed by atoms with Gasteiger partial charge in [0.1, 0.15) is 0 Å². The zero-order valence-electron chi connectivity index (χ0n) is 14.0. The Morgan fingerprint density at radius 1 is 1.42 bits per heavy atom. The van der Waals surface area contributed by atoms with E-state index in [9.17, 15) is 9.59 Å². The van der Waals surface area contributed by atoms with E-state index in [0.717, 1.165) is 21.2 Å². The second-order valence-corrected chi connectivity index (χ2v) is 7.72. The first-order valence-electron chi connectivity index (χ1n) is 7.77. The van der Waals surface area contributed by atoms with E-state index in [4.69, 9.17) is 17.3 Å². The van der Waals surface area contributed by atoms with Crippen molar-refractivity contribution in [1.82, 2.24) is 14.7 Å². The Hall–Kier alpha value is -2.08. The normalized spacial score (nSPS) is 15.5. The predicted octanol–water partition coefficient (Wildman–Crippen LogP) is 2.75. The number of amides is 2. The number of benzene rings is 1. The maximum atomic E-state index is 12.4. The summed E-state index contributed by atoms with van der Waals surface area (Å²) in [4.78, 5) is 25.8. The van der Waals surface area contributed by atoms with Gasteiger partial charge in [-0.25, -0.2) is 4.79 Å². The Morgan fingerprint density at radius 2 is 2.12 bits per heavy atom. The topological polar surface area (TPSA) is 81.2 Å². The molecule has 1 aliphatic rings. The number of aromatic nitrogens is 2. The molecule has 1 aromatic heterocycles. The van der Waals surface area contributed by atoms with Crippen LogP contribution in [-0.4, -0.2) is 33.2 Å².